The lowest BCUT2D eigenvalue weighted by Crippen LogP contribution is -2.34. The van der Waals surface area contributed by atoms with Gasteiger partial charge in [0.15, 0.2) is 6.23 Å². The number of hydrogen-bond donors (Lipinski definition) is 3. The third-order valence-corrected chi connectivity index (χ3v) is 7.87. The molecule has 0 aliphatic carbocycles. The van der Waals surface area contributed by atoms with E-state index in [-0.39, 0.29) is 17.7 Å². The fourth-order valence-electron chi connectivity index (χ4n) is 6.62. The van der Waals surface area contributed by atoms with Crippen LogP contribution in [-0.2, 0) is 0 Å². The number of rotatable bonds is 0. The zero-order valence-electron chi connectivity index (χ0n) is 17.4. The number of amides is 3. The number of imide groups is 1. The molecule has 2 aliphatic rings. The molecule has 2 heterocycles. The Morgan fingerprint density at radius 3 is 1.50 bits per heavy atom. The molecule has 0 spiro atoms. The predicted octanol–water partition coefficient (Wildman–Crippen LogP) is 4.54. The van der Waals surface area contributed by atoms with Crippen LogP contribution >= 0.6 is 0 Å². The lowest BCUT2D eigenvalue weighted by Gasteiger charge is -2.29. The molecule has 1 atom stereocenters. The highest BCUT2D eigenvalue weighted by molar-refractivity contribution is 6.48. The van der Waals surface area contributed by atoms with E-state index in [2.05, 4.69) is 10.6 Å². The summed E-state index contributed by atoms with van der Waals surface area (Å²) in [5.74, 6) is -1.07. The smallest absolute Gasteiger partial charge is 0.258 e. The summed E-state index contributed by atoms with van der Waals surface area (Å²) in [6.07, 6.45) is -1.09. The third kappa shape index (κ3) is 1.60. The van der Waals surface area contributed by atoms with Gasteiger partial charge in [-0.2, -0.15) is 0 Å². The zero-order chi connectivity index (χ0) is 22.6. The van der Waals surface area contributed by atoms with E-state index in [9.17, 15) is 19.5 Å². The quantitative estimate of drug-likeness (QED) is 0.183. The Kier molecular flexibility index (Phi) is 2.50. The van der Waals surface area contributed by atoms with E-state index in [4.69, 9.17) is 0 Å². The van der Waals surface area contributed by atoms with Gasteiger partial charge in [-0.05, 0) is 72.7 Å². The largest absolute Gasteiger partial charge is 0.369 e. The summed E-state index contributed by atoms with van der Waals surface area (Å²) in [6.45, 7) is 0. The normalized spacial score (nSPS) is 17.9. The number of carbonyl (C=O) groups excluding carboxylic acids is 3. The van der Waals surface area contributed by atoms with Crippen LogP contribution in [0.25, 0.3) is 64.6 Å². The van der Waals surface area contributed by atoms with Crippen molar-refractivity contribution in [2.24, 2.45) is 0 Å². The Morgan fingerprint density at radius 2 is 0.971 bits per heavy atom. The van der Waals surface area contributed by atoms with Gasteiger partial charge in [-0.1, -0.05) is 24.3 Å². The molecule has 7 aromatic carbocycles. The molecule has 7 aromatic rings. The van der Waals surface area contributed by atoms with E-state index in [0.29, 0.717) is 27.6 Å². The molecule has 0 saturated heterocycles. The fraction of sp³-hybridized carbons (Fsp3) is 0.0357. The number of carbonyl (C=O) groups is 3. The highest BCUT2D eigenvalue weighted by atomic mass is 16.3. The van der Waals surface area contributed by atoms with Crippen LogP contribution in [0.4, 0.5) is 0 Å². The molecule has 0 fully saturated rings. The SMILES string of the molecule is O=C1NC(=O)c2cc3ccc4cc5c6c(cc7ccc8cc1c2c1c8c7c6c4c31)C(=O)NC5O. The van der Waals surface area contributed by atoms with Crippen LogP contribution in [0.2, 0.25) is 0 Å². The van der Waals surface area contributed by atoms with Crippen LogP contribution in [-0.4, -0.2) is 22.8 Å². The zero-order valence-corrected chi connectivity index (χ0v) is 17.4. The van der Waals surface area contributed by atoms with Gasteiger partial charge >= 0.3 is 0 Å². The van der Waals surface area contributed by atoms with E-state index in [1.807, 2.05) is 48.5 Å². The lowest BCUT2D eigenvalue weighted by atomic mass is 9.77. The van der Waals surface area contributed by atoms with Crippen LogP contribution in [0.15, 0.2) is 48.5 Å². The molecule has 6 heteroatoms. The monoisotopic (exact) mass is 440 g/mol. The molecule has 1 unspecified atom stereocenters. The molecule has 0 aromatic heterocycles. The van der Waals surface area contributed by atoms with Gasteiger partial charge in [0, 0.05) is 38.4 Å². The van der Waals surface area contributed by atoms with Crippen LogP contribution in [0.1, 0.15) is 42.9 Å². The molecule has 3 amide bonds. The molecular weight excluding hydrogens is 428 g/mol. The van der Waals surface area contributed by atoms with Crippen molar-refractivity contribution in [1.82, 2.24) is 10.6 Å². The molecule has 9 rings (SSSR count). The maximum atomic E-state index is 12.9. The summed E-state index contributed by atoms with van der Waals surface area (Å²) in [7, 11) is 0. The minimum absolute atomic E-state index is 0.299. The summed E-state index contributed by atoms with van der Waals surface area (Å²) >= 11 is 0. The number of hydrogen-bond acceptors (Lipinski definition) is 4. The topological polar surface area (TPSA) is 95.5 Å². The van der Waals surface area contributed by atoms with Crippen LogP contribution in [0.5, 0.6) is 0 Å². The van der Waals surface area contributed by atoms with E-state index >= 15 is 0 Å². The van der Waals surface area contributed by atoms with Crippen molar-refractivity contribution in [3.63, 3.8) is 0 Å². The van der Waals surface area contributed by atoms with Gasteiger partial charge in [0.05, 0.1) is 0 Å². The lowest BCUT2D eigenvalue weighted by molar-refractivity contribution is 0.0771. The van der Waals surface area contributed by atoms with Gasteiger partial charge in [-0.3, -0.25) is 19.7 Å². The van der Waals surface area contributed by atoms with Crippen molar-refractivity contribution < 1.29 is 19.5 Å². The number of nitrogens with one attached hydrogen (secondary N) is 2. The summed E-state index contributed by atoms with van der Waals surface area (Å²) in [6, 6.07) is 15.5. The van der Waals surface area contributed by atoms with Crippen molar-refractivity contribution in [1.29, 1.82) is 0 Å². The average Bonchev–Trinajstić information content (AvgIpc) is 2.83. The van der Waals surface area contributed by atoms with Crippen molar-refractivity contribution in [2.45, 2.75) is 6.23 Å². The highest BCUT2D eigenvalue weighted by Crippen LogP contribution is 2.52. The van der Waals surface area contributed by atoms with Crippen molar-refractivity contribution in [3.05, 3.63) is 70.8 Å². The summed E-state index contributed by atoms with van der Waals surface area (Å²) in [4.78, 5) is 38.6. The van der Waals surface area contributed by atoms with Crippen LogP contribution < -0.4 is 10.6 Å². The second-order valence-electron chi connectivity index (χ2n) is 9.42. The Morgan fingerprint density at radius 1 is 0.529 bits per heavy atom. The van der Waals surface area contributed by atoms with E-state index < -0.39 is 6.23 Å². The third-order valence-electron chi connectivity index (χ3n) is 7.87. The van der Waals surface area contributed by atoms with Crippen LogP contribution in [0.3, 0.4) is 0 Å². The molecule has 3 N–H and O–H groups in total. The van der Waals surface area contributed by atoms with Gasteiger partial charge in [-0.15, -0.1) is 0 Å². The number of aliphatic hydroxyl groups is 1. The minimum Gasteiger partial charge on any atom is -0.369 e. The molecule has 0 bridgehead atoms. The Labute approximate surface area is 189 Å². The van der Waals surface area contributed by atoms with Gasteiger partial charge in [0.25, 0.3) is 17.7 Å². The van der Waals surface area contributed by atoms with Crippen molar-refractivity contribution >= 4 is 82.4 Å². The molecule has 0 saturated carbocycles. The maximum absolute atomic E-state index is 12.9. The van der Waals surface area contributed by atoms with Gasteiger partial charge in [0.2, 0.25) is 0 Å². The summed E-state index contributed by atoms with van der Waals surface area (Å²) in [5.41, 5.74) is 2.22. The molecular formula is C28H12N2O4. The Balaban J connectivity index is 1.74. The average molecular weight is 440 g/mol. The van der Waals surface area contributed by atoms with Crippen LogP contribution in [0, 0.1) is 0 Å². The molecule has 158 valence electrons. The minimum atomic E-state index is -1.09. The van der Waals surface area contributed by atoms with Gasteiger partial charge in [-0.25, -0.2) is 0 Å². The number of benzene rings is 7. The fourth-order valence-corrected chi connectivity index (χ4v) is 6.62. The standard InChI is InChI=1S/C28H12N2O4/c31-25-13-5-9-1-2-10-6-14-22-16(28(34)30-26(14)32)8-12-4-3-11-7-15(27(33)29-25)21(13)23-17(9)18(10)24(22)20(12)19(11)23/h1-8,25,31H,(H,29,33)(H,30,32,34). The maximum Gasteiger partial charge on any atom is 0.258 e. The first-order chi connectivity index (χ1) is 16.5. The Bertz CT molecular complexity index is 2070. The van der Waals surface area contributed by atoms with Crippen molar-refractivity contribution in [2.75, 3.05) is 0 Å². The molecule has 0 radical (unpaired) electrons. The second kappa shape index (κ2) is 5.00. The summed E-state index contributed by atoms with van der Waals surface area (Å²) < 4.78 is 0. The second-order valence-corrected chi connectivity index (χ2v) is 9.42. The molecule has 34 heavy (non-hydrogen) atoms. The summed E-state index contributed by atoms with van der Waals surface area (Å²) in [5, 5.41) is 26.8. The predicted molar refractivity (Wildman–Crippen MR) is 129 cm³/mol. The molecule has 2 aliphatic heterocycles. The highest BCUT2D eigenvalue weighted by Gasteiger charge is 2.33. The number of aliphatic hydroxyl groups excluding tert-OH is 1. The van der Waals surface area contributed by atoms with E-state index in [0.717, 1.165) is 59.2 Å². The van der Waals surface area contributed by atoms with Gasteiger partial charge < -0.3 is 10.4 Å². The Hall–Kier alpha value is -4.55. The van der Waals surface area contributed by atoms with E-state index in [1.165, 1.54) is 0 Å². The van der Waals surface area contributed by atoms with Crippen molar-refractivity contribution in [3.8, 4) is 0 Å². The van der Waals surface area contributed by atoms with Gasteiger partial charge in [0.1, 0.15) is 0 Å². The first-order valence-corrected chi connectivity index (χ1v) is 11.1. The molecule has 6 nitrogen and oxygen atoms in total. The first kappa shape index (κ1) is 17.0. The first-order valence-electron chi connectivity index (χ1n) is 11.1. The van der Waals surface area contributed by atoms with E-state index in [1.54, 1.807) is 0 Å².